The van der Waals surface area contributed by atoms with E-state index in [1.165, 1.54) is 6.08 Å². The zero-order valence-corrected chi connectivity index (χ0v) is 12.9. The van der Waals surface area contributed by atoms with Crippen molar-refractivity contribution in [1.29, 1.82) is 0 Å². The number of hydrazone groups is 1. The standard InChI is InChI=1S/C18H14ClN3O/c19-15-11-12(6-10-18(20)23)5-8-14(15)17-9-7-13-3-1-2-4-16(13)21-22-17/h1-11,21H,(H2,20,23). The Morgan fingerprint density at radius 3 is 2.78 bits per heavy atom. The molecule has 23 heavy (non-hydrogen) atoms. The van der Waals surface area contributed by atoms with E-state index in [-0.39, 0.29) is 0 Å². The maximum absolute atomic E-state index is 10.8. The fourth-order valence-corrected chi connectivity index (χ4v) is 2.53. The van der Waals surface area contributed by atoms with Gasteiger partial charge in [-0.2, -0.15) is 5.10 Å². The molecule has 4 nitrogen and oxygen atoms in total. The van der Waals surface area contributed by atoms with Gasteiger partial charge in [-0.25, -0.2) is 0 Å². The number of primary amides is 1. The van der Waals surface area contributed by atoms with Crippen molar-refractivity contribution in [2.75, 3.05) is 5.43 Å². The number of halogens is 1. The van der Waals surface area contributed by atoms with Crippen molar-refractivity contribution in [2.24, 2.45) is 10.8 Å². The Hall–Kier alpha value is -2.85. The maximum Gasteiger partial charge on any atom is 0.241 e. The van der Waals surface area contributed by atoms with Crippen LogP contribution in [0.4, 0.5) is 5.69 Å². The van der Waals surface area contributed by atoms with Crippen LogP contribution in [0, 0.1) is 0 Å². The lowest BCUT2D eigenvalue weighted by atomic mass is 10.1. The van der Waals surface area contributed by atoms with Gasteiger partial charge in [0.25, 0.3) is 0 Å². The Bertz CT molecular complexity index is 853. The third kappa shape index (κ3) is 3.49. The third-order valence-electron chi connectivity index (χ3n) is 3.39. The van der Waals surface area contributed by atoms with Crippen LogP contribution in [0.2, 0.25) is 5.02 Å². The number of allylic oxidation sites excluding steroid dienone is 1. The number of rotatable bonds is 3. The Labute approximate surface area is 139 Å². The minimum Gasteiger partial charge on any atom is -0.366 e. The van der Waals surface area contributed by atoms with Crippen LogP contribution in [0.5, 0.6) is 0 Å². The summed E-state index contributed by atoms with van der Waals surface area (Å²) in [6, 6.07) is 13.4. The largest absolute Gasteiger partial charge is 0.366 e. The molecule has 0 spiro atoms. The zero-order chi connectivity index (χ0) is 16.2. The molecule has 0 unspecified atom stereocenters. The molecule has 2 aromatic rings. The van der Waals surface area contributed by atoms with Crippen molar-refractivity contribution in [3.05, 3.63) is 76.3 Å². The first kappa shape index (κ1) is 15.1. The minimum atomic E-state index is -0.497. The third-order valence-corrected chi connectivity index (χ3v) is 3.70. The molecule has 1 amide bonds. The molecule has 1 aliphatic rings. The van der Waals surface area contributed by atoms with Gasteiger partial charge in [-0.05, 0) is 35.4 Å². The number of hydrogen-bond donors (Lipinski definition) is 2. The van der Waals surface area contributed by atoms with Crippen LogP contribution < -0.4 is 11.2 Å². The molecule has 1 aliphatic heterocycles. The number of amides is 1. The molecular weight excluding hydrogens is 310 g/mol. The van der Waals surface area contributed by atoms with Crippen molar-refractivity contribution >= 4 is 41.1 Å². The summed E-state index contributed by atoms with van der Waals surface area (Å²) >= 11 is 6.35. The van der Waals surface area contributed by atoms with Crippen LogP contribution in [-0.2, 0) is 4.79 Å². The summed E-state index contributed by atoms with van der Waals surface area (Å²) in [6.45, 7) is 0. The molecule has 0 fully saturated rings. The van der Waals surface area contributed by atoms with Gasteiger partial charge in [0.2, 0.25) is 5.91 Å². The van der Waals surface area contributed by atoms with Crippen LogP contribution in [-0.4, -0.2) is 11.6 Å². The number of carbonyl (C=O) groups excluding carboxylic acids is 1. The molecule has 1 heterocycles. The average Bonchev–Trinajstić information content (AvgIpc) is 2.76. The van der Waals surface area contributed by atoms with Gasteiger partial charge in [0.15, 0.2) is 0 Å². The van der Waals surface area contributed by atoms with Gasteiger partial charge in [0.05, 0.1) is 16.4 Å². The summed E-state index contributed by atoms with van der Waals surface area (Å²) in [4.78, 5) is 10.8. The number of nitrogens with two attached hydrogens (primary N) is 1. The monoisotopic (exact) mass is 323 g/mol. The van der Waals surface area contributed by atoms with Crippen molar-refractivity contribution in [1.82, 2.24) is 0 Å². The fraction of sp³-hybridized carbons (Fsp3) is 0. The summed E-state index contributed by atoms with van der Waals surface area (Å²) in [5.41, 5.74) is 12.5. The summed E-state index contributed by atoms with van der Waals surface area (Å²) in [5.74, 6) is -0.497. The van der Waals surface area contributed by atoms with E-state index in [2.05, 4.69) is 10.5 Å². The summed E-state index contributed by atoms with van der Waals surface area (Å²) in [7, 11) is 0. The number of anilines is 1. The van der Waals surface area contributed by atoms with E-state index in [9.17, 15) is 4.79 Å². The number of nitrogens with one attached hydrogen (secondary N) is 1. The number of carbonyl (C=O) groups is 1. The first-order chi connectivity index (χ1) is 11.1. The van der Waals surface area contributed by atoms with Crippen molar-refractivity contribution in [3.8, 4) is 0 Å². The van der Waals surface area contributed by atoms with Crippen LogP contribution in [0.15, 0.2) is 59.7 Å². The van der Waals surface area contributed by atoms with Crippen molar-refractivity contribution in [2.45, 2.75) is 0 Å². The highest BCUT2D eigenvalue weighted by Crippen LogP contribution is 2.24. The van der Waals surface area contributed by atoms with Gasteiger partial charge >= 0.3 is 0 Å². The van der Waals surface area contributed by atoms with E-state index in [0.717, 1.165) is 28.1 Å². The highest BCUT2D eigenvalue weighted by molar-refractivity contribution is 6.35. The van der Waals surface area contributed by atoms with E-state index in [1.54, 1.807) is 12.1 Å². The van der Waals surface area contributed by atoms with E-state index >= 15 is 0 Å². The second-order valence-electron chi connectivity index (χ2n) is 5.00. The van der Waals surface area contributed by atoms with Crippen LogP contribution in [0.25, 0.3) is 12.2 Å². The lowest BCUT2D eigenvalue weighted by Crippen LogP contribution is -2.05. The van der Waals surface area contributed by atoms with Gasteiger partial charge in [-0.15, -0.1) is 0 Å². The Balaban J connectivity index is 1.91. The van der Waals surface area contributed by atoms with Gasteiger partial charge in [0, 0.05) is 11.6 Å². The Morgan fingerprint density at radius 1 is 1.17 bits per heavy atom. The number of para-hydroxylation sites is 1. The first-order valence-corrected chi connectivity index (χ1v) is 7.39. The smallest absolute Gasteiger partial charge is 0.241 e. The molecule has 114 valence electrons. The van der Waals surface area contributed by atoms with E-state index in [0.29, 0.717) is 5.02 Å². The number of hydrogen-bond acceptors (Lipinski definition) is 3. The SMILES string of the molecule is NC(=O)C=Cc1ccc(C2=NNc3ccccc3C=C2)c(Cl)c1. The van der Waals surface area contributed by atoms with Crippen LogP contribution >= 0.6 is 11.6 Å². The molecule has 0 radical (unpaired) electrons. The van der Waals surface area contributed by atoms with Crippen molar-refractivity contribution in [3.63, 3.8) is 0 Å². The Kier molecular flexibility index (Phi) is 4.26. The lowest BCUT2D eigenvalue weighted by molar-refractivity contribution is -0.113. The maximum atomic E-state index is 10.8. The predicted molar refractivity (Wildman–Crippen MR) is 95.3 cm³/mol. The number of benzene rings is 2. The second-order valence-corrected chi connectivity index (χ2v) is 5.41. The highest BCUT2D eigenvalue weighted by Gasteiger charge is 2.10. The highest BCUT2D eigenvalue weighted by atomic mass is 35.5. The summed E-state index contributed by atoms with van der Waals surface area (Å²) in [5, 5.41) is 4.95. The van der Waals surface area contributed by atoms with Gasteiger partial charge < -0.3 is 5.73 Å². The van der Waals surface area contributed by atoms with E-state index in [4.69, 9.17) is 17.3 Å². The molecule has 0 aromatic heterocycles. The molecule has 2 aromatic carbocycles. The predicted octanol–water partition coefficient (Wildman–Crippen LogP) is 3.68. The van der Waals surface area contributed by atoms with Crippen LogP contribution in [0.3, 0.4) is 0 Å². The van der Waals surface area contributed by atoms with Gasteiger partial charge in [-0.3, -0.25) is 10.2 Å². The van der Waals surface area contributed by atoms with E-state index in [1.807, 2.05) is 48.6 Å². The topological polar surface area (TPSA) is 67.5 Å². The van der Waals surface area contributed by atoms with Gasteiger partial charge in [-0.1, -0.05) is 48.0 Å². The van der Waals surface area contributed by atoms with Crippen LogP contribution in [0.1, 0.15) is 16.7 Å². The molecule has 5 heteroatoms. The normalized spacial score (nSPS) is 13.2. The molecule has 3 N–H and O–H groups in total. The summed E-state index contributed by atoms with van der Waals surface area (Å²) < 4.78 is 0. The average molecular weight is 324 g/mol. The quantitative estimate of drug-likeness (QED) is 0.846. The molecule has 0 aliphatic carbocycles. The van der Waals surface area contributed by atoms with Gasteiger partial charge in [0.1, 0.15) is 0 Å². The number of fused-ring (bicyclic) bond motifs is 1. The molecule has 0 atom stereocenters. The molecule has 0 saturated carbocycles. The minimum absolute atomic E-state index is 0.497. The molecule has 0 bridgehead atoms. The van der Waals surface area contributed by atoms with E-state index < -0.39 is 5.91 Å². The lowest BCUT2D eigenvalue weighted by Gasteiger charge is -2.06. The molecule has 3 rings (SSSR count). The summed E-state index contributed by atoms with van der Waals surface area (Å²) in [6.07, 6.45) is 6.83. The number of nitrogens with zero attached hydrogens (tertiary/aromatic N) is 1. The van der Waals surface area contributed by atoms with Crippen molar-refractivity contribution < 1.29 is 4.79 Å². The molecular formula is C18H14ClN3O. The Morgan fingerprint density at radius 2 is 2.00 bits per heavy atom. The fourth-order valence-electron chi connectivity index (χ4n) is 2.24. The molecule has 0 saturated heterocycles. The zero-order valence-electron chi connectivity index (χ0n) is 12.2. The second kappa shape index (κ2) is 6.50. The first-order valence-electron chi connectivity index (χ1n) is 7.02.